The molecule has 0 radical (unpaired) electrons. The Morgan fingerprint density at radius 3 is 2.30 bits per heavy atom. The third-order valence-corrected chi connectivity index (χ3v) is 4.49. The summed E-state index contributed by atoms with van der Waals surface area (Å²) in [6.07, 6.45) is 0. The van der Waals surface area contributed by atoms with Crippen molar-refractivity contribution in [1.29, 1.82) is 5.26 Å². The second kappa shape index (κ2) is 7.88. The zero-order valence-electron chi connectivity index (χ0n) is 15.7. The van der Waals surface area contributed by atoms with E-state index in [9.17, 15) is 4.79 Å². The smallest absolute Gasteiger partial charge is 0.342 e. The van der Waals surface area contributed by atoms with Gasteiger partial charge in [0.05, 0.1) is 29.6 Å². The number of benzene rings is 2. The monoisotopic (exact) mass is 359 g/mol. The molecule has 136 valence electrons. The number of hydrogen-bond acceptors (Lipinski definition) is 4. The van der Waals surface area contributed by atoms with Crippen LogP contribution in [0, 0.1) is 32.1 Å². The normalized spacial score (nSPS) is 10.4. The van der Waals surface area contributed by atoms with Crippen LogP contribution in [0.5, 0.6) is 0 Å². The molecule has 0 aliphatic heterocycles. The van der Waals surface area contributed by atoms with E-state index in [0.717, 1.165) is 16.8 Å². The van der Waals surface area contributed by atoms with Gasteiger partial charge in [-0.2, -0.15) is 10.4 Å². The first-order valence-corrected chi connectivity index (χ1v) is 8.73. The van der Waals surface area contributed by atoms with Crippen LogP contribution in [-0.4, -0.2) is 15.7 Å². The number of nitrogens with zero attached hydrogens (tertiary/aromatic N) is 3. The SMILES string of the molecule is Cc1ccc(Cn2nc(C)c(C(=O)OCc3ccc(C#N)cc3)c2C)cc1. The second-order valence-corrected chi connectivity index (χ2v) is 6.57. The molecule has 3 rings (SSSR count). The molecule has 2 aromatic carbocycles. The number of aromatic nitrogens is 2. The fraction of sp³-hybridized carbons (Fsp3) is 0.227. The van der Waals surface area contributed by atoms with Gasteiger partial charge in [-0.15, -0.1) is 0 Å². The Bertz CT molecular complexity index is 994. The molecular formula is C22H21N3O2. The molecule has 0 unspecified atom stereocenters. The number of hydrogen-bond donors (Lipinski definition) is 0. The van der Waals surface area contributed by atoms with Gasteiger partial charge in [0.15, 0.2) is 0 Å². The number of nitriles is 1. The van der Waals surface area contributed by atoms with Crippen LogP contribution in [0.2, 0.25) is 0 Å². The van der Waals surface area contributed by atoms with Crippen molar-refractivity contribution in [3.05, 3.63) is 87.7 Å². The third kappa shape index (κ3) is 4.24. The molecular weight excluding hydrogens is 338 g/mol. The van der Waals surface area contributed by atoms with Crippen LogP contribution >= 0.6 is 0 Å². The fourth-order valence-corrected chi connectivity index (χ4v) is 2.91. The van der Waals surface area contributed by atoms with E-state index in [-0.39, 0.29) is 12.6 Å². The van der Waals surface area contributed by atoms with Gasteiger partial charge >= 0.3 is 5.97 Å². The Balaban J connectivity index is 1.71. The topological polar surface area (TPSA) is 67.9 Å². The highest BCUT2D eigenvalue weighted by Gasteiger charge is 2.20. The Kier molecular flexibility index (Phi) is 5.37. The molecule has 3 aromatic rings. The largest absolute Gasteiger partial charge is 0.457 e. The van der Waals surface area contributed by atoms with Gasteiger partial charge in [0, 0.05) is 0 Å². The van der Waals surface area contributed by atoms with Gasteiger partial charge in [0.2, 0.25) is 0 Å². The Labute approximate surface area is 158 Å². The first-order chi connectivity index (χ1) is 13.0. The summed E-state index contributed by atoms with van der Waals surface area (Å²) >= 11 is 0. The Hall–Kier alpha value is -3.39. The molecule has 1 aromatic heterocycles. The molecule has 1 heterocycles. The van der Waals surface area contributed by atoms with Crippen LogP contribution in [0.4, 0.5) is 0 Å². The summed E-state index contributed by atoms with van der Waals surface area (Å²) in [4.78, 5) is 12.6. The van der Waals surface area contributed by atoms with E-state index < -0.39 is 0 Å². The maximum absolute atomic E-state index is 12.6. The van der Waals surface area contributed by atoms with Crippen molar-refractivity contribution in [2.75, 3.05) is 0 Å². The van der Waals surface area contributed by atoms with Gasteiger partial charge in [-0.1, -0.05) is 42.0 Å². The first kappa shape index (κ1) is 18.4. The summed E-state index contributed by atoms with van der Waals surface area (Å²) in [6.45, 7) is 6.51. The lowest BCUT2D eigenvalue weighted by atomic mass is 10.1. The van der Waals surface area contributed by atoms with E-state index in [1.807, 2.05) is 18.5 Å². The summed E-state index contributed by atoms with van der Waals surface area (Å²) in [7, 11) is 0. The van der Waals surface area contributed by atoms with Crippen molar-refractivity contribution in [2.24, 2.45) is 0 Å². The summed E-state index contributed by atoms with van der Waals surface area (Å²) < 4.78 is 7.29. The van der Waals surface area contributed by atoms with Crippen molar-refractivity contribution >= 4 is 5.97 Å². The highest BCUT2D eigenvalue weighted by Crippen LogP contribution is 2.17. The molecule has 0 spiro atoms. The maximum atomic E-state index is 12.6. The Morgan fingerprint density at radius 1 is 1.04 bits per heavy atom. The molecule has 0 aliphatic carbocycles. The average Bonchev–Trinajstić information content (AvgIpc) is 2.95. The number of carbonyl (C=O) groups excluding carboxylic acids is 1. The minimum atomic E-state index is -0.385. The minimum absolute atomic E-state index is 0.159. The van der Waals surface area contributed by atoms with Crippen LogP contribution in [0.3, 0.4) is 0 Å². The van der Waals surface area contributed by atoms with Gasteiger partial charge in [0.25, 0.3) is 0 Å². The number of rotatable bonds is 5. The molecule has 0 atom stereocenters. The van der Waals surface area contributed by atoms with Crippen molar-refractivity contribution in [3.8, 4) is 6.07 Å². The fourth-order valence-electron chi connectivity index (χ4n) is 2.91. The number of esters is 1. The highest BCUT2D eigenvalue weighted by atomic mass is 16.5. The van der Waals surface area contributed by atoms with Crippen molar-refractivity contribution < 1.29 is 9.53 Å². The molecule has 0 amide bonds. The average molecular weight is 359 g/mol. The van der Waals surface area contributed by atoms with Crippen molar-refractivity contribution in [3.63, 3.8) is 0 Å². The Morgan fingerprint density at radius 2 is 1.67 bits per heavy atom. The van der Waals surface area contributed by atoms with Crippen LogP contribution in [0.1, 0.15) is 44.0 Å². The predicted octanol–water partition coefficient (Wildman–Crippen LogP) is 4.09. The molecule has 0 N–H and O–H groups in total. The summed E-state index contributed by atoms with van der Waals surface area (Å²) in [5, 5.41) is 13.3. The lowest BCUT2D eigenvalue weighted by Gasteiger charge is -2.07. The minimum Gasteiger partial charge on any atom is -0.457 e. The molecule has 0 saturated carbocycles. The molecule has 27 heavy (non-hydrogen) atoms. The van der Waals surface area contributed by atoms with Crippen LogP contribution < -0.4 is 0 Å². The van der Waals surface area contributed by atoms with E-state index in [4.69, 9.17) is 10.00 Å². The molecule has 5 heteroatoms. The van der Waals surface area contributed by atoms with Crippen molar-refractivity contribution in [2.45, 2.75) is 33.9 Å². The van der Waals surface area contributed by atoms with E-state index >= 15 is 0 Å². The third-order valence-electron chi connectivity index (χ3n) is 4.49. The summed E-state index contributed by atoms with van der Waals surface area (Å²) in [5.41, 5.74) is 5.71. The maximum Gasteiger partial charge on any atom is 0.342 e. The summed E-state index contributed by atoms with van der Waals surface area (Å²) in [5.74, 6) is -0.385. The highest BCUT2D eigenvalue weighted by molar-refractivity contribution is 5.91. The van der Waals surface area contributed by atoms with Crippen LogP contribution in [0.25, 0.3) is 0 Å². The number of aryl methyl sites for hydroxylation is 2. The first-order valence-electron chi connectivity index (χ1n) is 8.73. The van der Waals surface area contributed by atoms with Crippen molar-refractivity contribution in [1.82, 2.24) is 9.78 Å². The van der Waals surface area contributed by atoms with Gasteiger partial charge in [-0.05, 0) is 44.0 Å². The van der Waals surface area contributed by atoms with Gasteiger partial charge < -0.3 is 4.74 Å². The van der Waals surface area contributed by atoms with Crippen LogP contribution in [-0.2, 0) is 17.9 Å². The quantitative estimate of drug-likeness (QED) is 0.644. The van der Waals surface area contributed by atoms with Gasteiger partial charge in [-0.3, -0.25) is 4.68 Å². The molecule has 0 bridgehead atoms. The zero-order chi connectivity index (χ0) is 19.4. The summed E-state index contributed by atoms with van der Waals surface area (Å²) in [6, 6.07) is 17.3. The lowest BCUT2D eigenvalue weighted by Crippen LogP contribution is -2.09. The molecule has 0 aliphatic rings. The second-order valence-electron chi connectivity index (χ2n) is 6.57. The molecule has 5 nitrogen and oxygen atoms in total. The molecule has 0 saturated heterocycles. The van der Waals surface area contributed by atoms with E-state index in [0.29, 0.717) is 23.4 Å². The van der Waals surface area contributed by atoms with E-state index in [1.54, 1.807) is 24.3 Å². The number of carbonyl (C=O) groups is 1. The van der Waals surface area contributed by atoms with E-state index in [2.05, 4.69) is 42.4 Å². The van der Waals surface area contributed by atoms with Gasteiger partial charge in [0.1, 0.15) is 12.2 Å². The standard InChI is InChI=1S/C22H21N3O2/c1-15-4-6-19(7-5-15)13-25-17(3)21(16(2)24-25)22(26)27-14-20-10-8-18(12-23)9-11-20/h4-11H,13-14H2,1-3H3. The zero-order valence-corrected chi connectivity index (χ0v) is 15.7. The van der Waals surface area contributed by atoms with E-state index in [1.165, 1.54) is 5.56 Å². The number of ether oxygens (including phenoxy) is 1. The lowest BCUT2D eigenvalue weighted by molar-refractivity contribution is 0.0471. The van der Waals surface area contributed by atoms with Gasteiger partial charge in [-0.25, -0.2) is 4.79 Å². The predicted molar refractivity (Wildman–Crippen MR) is 102 cm³/mol. The molecule has 0 fully saturated rings. The van der Waals surface area contributed by atoms with Crippen LogP contribution in [0.15, 0.2) is 48.5 Å².